The summed E-state index contributed by atoms with van der Waals surface area (Å²) in [5.41, 5.74) is 1.59. The number of rotatable bonds is 2. The van der Waals surface area contributed by atoms with E-state index in [-0.39, 0.29) is 0 Å². The molecular formula is C16H25N5. The molecular weight excluding hydrogens is 262 g/mol. The van der Waals surface area contributed by atoms with E-state index in [0.717, 1.165) is 36.2 Å². The van der Waals surface area contributed by atoms with Gasteiger partial charge in [0.25, 0.3) is 0 Å². The normalized spacial score (nSPS) is 21.5. The van der Waals surface area contributed by atoms with Gasteiger partial charge in [-0.25, -0.2) is 0 Å². The molecule has 114 valence electrons. The quantitative estimate of drug-likeness (QED) is 0.835. The summed E-state index contributed by atoms with van der Waals surface area (Å²) in [6, 6.07) is 3.06. The van der Waals surface area contributed by atoms with Gasteiger partial charge in [0.2, 0.25) is 0 Å². The van der Waals surface area contributed by atoms with Gasteiger partial charge in [0.05, 0.1) is 5.69 Å². The van der Waals surface area contributed by atoms with E-state index in [4.69, 9.17) is 0 Å². The topological polar surface area (TPSA) is 48.1 Å². The molecule has 5 heteroatoms. The van der Waals surface area contributed by atoms with E-state index in [9.17, 15) is 5.26 Å². The standard InChI is InChI=1S/C16H25N5/c1-13-15(12-17)16(19(2)18-13)21-10-6-14(7-11-21)20-8-4-3-5-9-20/h14H,3-11H2,1-2H3. The first-order chi connectivity index (χ1) is 10.2. The second-order valence-corrected chi connectivity index (χ2v) is 6.33. The fraction of sp³-hybridized carbons (Fsp3) is 0.750. The molecule has 0 aliphatic carbocycles. The predicted molar refractivity (Wildman–Crippen MR) is 83.3 cm³/mol. The largest absolute Gasteiger partial charge is 0.356 e. The predicted octanol–water partition coefficient (Wildman–Crippen LogP) is 2.05. The Morgan fingerprint density at radius 2 is 1.76 bits per heavy atom. The number of nitrogens with zero attached hydrogens (tertiary/aromatic N) is 5. The van der Waals surface area contributed by atoms with Gasteiger partial charge in [-0.3, -0.25) is 4.68 Å². The van der Waals surface area contributed by atoms with Crippen LogP contribution in [0.1, 0.15) is 43.4 Å². The number of likely N-dealkylation sites (tertiary alicyclic amines) is 1. The van der Waals surface area contributed by atoms with Crippen molar-refractivity contribution in [2.45, 2.75) is 45.1 Å². The van der Waals surface area contributed by atoms with Crippen LogP contribution in [0.25, 0.3) is 0 Å². The number of piperidine rings is 2. The zero-order valence-electron chi connectivity index (χ0n) is 13.2. The molecule has 0 saturated carbocycles. The maximum absolute atomic E-state index is 9.36. The molecule has 1 aromatic heterocycles. The Kier molecular flexibility index (Phi) is 4.16. The molecule has 2 fully saturated rings. The summed E-state index contributed by atoms with van der Waals surface area (Å²) >= 11 is 0. The Morgan fingerprint density at radius 1 is 1.10 bits per heavy atom. The molecule has 2 saturated heterocycles. The third kappa shape index (κ3) is 2.77. The van der Waals surface area contributed by atoms with Crippen molar-refractivity contribution >= 4 is 5.82 Å². The third-order valence-corrected chi connectivity index (χ3v) is 4.97. The zero-order chi connectivity index (χ0) is 14.8. The van der Waals surface area contributed by atoms with E-state index < -0.39 is 0 Å². The highest BCUT2D eigenvalue weighted by atomic mass is 15.4. The van der Waals surface area contributed by atoms with E-state index in [1.165, 1.54) is 45.2 Å². The van der Waals surface area contributed by atoms with Crippen LogP contribution in [-0.4, -0.2) is 46.9 Å². The highest BCUT2D eigenvalue weighted by Crippen LogP contribution is 2.27. The zero-order valence-corrected chi connectivity index (χ0v) is 13.2. The van der Waals surface area contributed by atoms with E-state index in [1.807, 2.05) is 18.7 Å². The van der Waals surface area contributed by atoms with E-state index in [1.54, 1.807) is 0 Å². The number of hydrogen-bond acceptors (Lipinski definition) is 4. The minimum absolute atomic E-state index is 0.737. The summed E-state index contributed by atoms with van der Waals surface area (Å²) < 4.78 is 1.87. The Hall–Kier alpha value is -1.54. The van der Waals surface area contributed by atoms with Crippen LogP contribution in [0, 0.1) is 18.3 Å². The summed E-state index contributed by atoms with van der Waals surface area (Å²) in [6.07, 6.45) is 6.53. The fourth-order valence-corrected chi connectivity index (χ4v) is 3.87. The molecule has 0 unspecified atom stereocenters. The highest BCUT2D eigenvalue weighted by molar-refractivity contribution is 5.57. The Balaban J connectivity index is 1.67. The van der Waals surface area contributed by atoms with Crippen molar-refractivity contribution in [1.82, 2.24) is 14.7 Å². The minimum Gasteiger partial charge on any atom is -0.356 e. The van der Waals surface area contributed by atoms with Gasteiger partial charge in [-0.2, -0.15) is 10.4 Å². The van der Waals surface area contributed by atoms with E-state index in [0.29, 0.717) is 0 Å². The van der Waals surface area contributed by atoms with Gasteiger partial charge in [-0.15, -0.1) is 0 Å². The first-order valence-electron chi connectivity index (χ1n) is 8.13. The van der Waals surface area contributed by atoms with Crippen LogP contribution in [0.15, 0.2) is 0 Å². The number of hydrogen-bond donors (Lipinski definition) is 0. The number of aryl methyl sites for hydroxylation is 2. The average molecular weight is 287 g/mol. The van der Waals surface area contributed by atoms with Gasteiger partial charge in [0.15, 0.2) is 0 Å². The Morgan fingerprint density at radius 3 is 2.38 bits per heavy atom. The van der Waals surface area contributed by atoms with Crippen molar-refractivity contribution in [2.24, 2.45) is 7.05 Å². The lowest BCUT2D eigenvalue weighted by Crippen LogP contribution is -2.47. The molecule has 3 rings (SSSR count). The van der Waals surface area contributed by atoms with Crippen molar-refractivity contribution < 1.29 is 0 Å². The van der Waals surface area contributed by atoms with Crippen LogP contribution in [0.2, 0.25) is 0 Å². The van der Waals surface area contributed by atoms with Crippen LogP contribution in [0.3, 0.4) is 0 Å². The SMILES string of the molecule is Cc1nn(C)c(N2CCC(N3CCCCC3)CC2)c1C#N. The van der Waals surface area contributed by atoms with Crippen molar-refractivity contribution in [1.29, 1.82) is 5.26 Å². The molecule has 0 radical (unpaired) electrons. The van der Waals surface area contributed by atoms with Gasteiger partial charge in [-0.05, 0) is 45.7 Å². The smallest absolute Gasteiger partial charge is 0.144 e. The number of aromatic nitrogens is 2. The maximum atomic E-state index is 9.36. The maximum Gasteiger partial charge on any atom is 0.144 e. The monoisotopic (exact) mass is 287 g/mol. The first-order valence-corrected chi connectivity index (χ1v) is 8.13. The summed E-state index contributed by atoms with van der Waals surface area (Å²) in [4.78, 5) is 5.03. The molecule has 1 aromatic rings. The molecule has 2 aliphatic heterocycles. The summed E-state index contributed by atoms with van der Waals surface area (Å²) in [6.45, 7) is 6.55. The Labute approximate surface area is 127 Å². The summed E-state index contributed by atoms with van der Waals surface area (Å²) in [5, 5.41) is 13.8. The molecule has 5 nitrogen and oxygen atoms in total. The molecule has 21 heavy (non-hydrogen) atoms. The second kappa shape index (κ2) is 6.07. The molecule has 0 atom stereocenters. The second-order valence-electron chi connectivity index (χ2n) is 6.33. The number of nitriles is 1. The van der Waals surface area contributed by atoms with E-state index >= 15 is 0 Å². The molecule has 0 bridgehead atoms. The van der Waals surface area contributed by atoms with Crippen molar-refractivity contribution in [3.63, 3.8) is 0 Å². The molecule has 0 spiro atoms. The van der Waals surface area contributed by atoms with Crippen LogP contribution >= 0.6 is 0 Å². The first kappa shape index (κ1) is 14.4. The molecule has 3 heterocycles. The van der Waals surface area contributed by atoms with Crippen molar-refractivity contribution in [2.75, 3.05) is 31.1 Å². The minimum atomic E-state index is 0.737. The van der Waals surface area contributed by atoms with Gasteiger partial charge in [0.1, 0.15) is 17.5 Å². The molecule has 0 aromatic carbocycles. The van der Waals surface area contributed by atoms with Gasteiger partial charge >= 0.3 is 0 Å². The third-order valence-electron chi connectivity index (χ3n) is 4.97. The summed E-state index contributed by atoms with van der Waals surface area (Å²) in [5.74, 6) is 1.01. The van der Waals surface area contributed by atoms with Crippen LogP contribution in [0.4, 0.5) is 5.82 Å². The van der Waals surface area contributed by atoms with Crippen LogP contribution in [0.5, 0.6) is 0 Å². The Bertz CT molecular complexity index is 528. The average Bonchev–Trinajstić information content (AvgIpc) is 2.82. The lowest BCUT2D eigenvalue weighted by Gasteiger charge is -2.40. The van der Waals surface area contributed by atoms with Crippen LogP contribution in [-0.2, 0) is 7.05 Å². The molecule has 0 amide bonds. The van der Waals surface area contributed by atoms with Crippen molar-refractivity contribution in [3.8, 4) is 6.07 Å². The van der Waals surface area contributed by atoms with Gasteiger partial charge in [0, 0.05) is 26.2 Å². The summed E-state index contributed by atoms with van der Waals surface area (Å²) in [7, 11) is 1.94. The molecule has 0 N–H and O–H groups in total. The molecule has 2 aliphatic rings. The fourth-order valence-electron chi connectivity index (χ4n) is 3.87. The van der Waals surface area contributed by atoms with Crippen molar-refractivity contribution in [3.05, 3.63) is 11.3 Å². The van der Waals surface area contributed by atoms with Gasteiger partial charge in [-0.1, -0.05) is 6.42 Å². The van der Waals surface area contributed by atoms with Crippen LogP contribution < -0.4 is 4.90 Å². The van der Waals surface area contributed by atoms with E-state index in [2.05, 4.69) is 21.0 Å². The number of anilines is 1. The lowest BCUT2D eigenvalue weighted by atomic mass is 9.99. The lowest BCUT2D eigenvalue weighted by molar-refractivity contribution is 0.141. The van der Waals surface area contributed by atoms with Gasteiger partial charge < -0.3 is 9.80 Å². The highest BCUT2D eigenvalue weighted by Gasteiger charge is 2.28.